The molecule has 0 saturated carbocycles. The van der Waals surface area contributed by atoms with E-state index in [0.29, 0.717) is 12.4 Å². The van der Waals surface area contributed by atoms with E-state index < -0.39 is 17.9 Å². The second-order valence-corrected chi connectivity index (χ2v) is 6.08. The molecule has 0 N–H and O–H groups in total. The van der Waals surface area contributed by atoms with E-state index in [1.807, 2.05) is 27.7 Å². The molecule has 110 valence electrons. The van der Waals surface area contributed by atoms with E-state index in [-0.39, 0.29) is 18.6 Å². The average Bonchev–Trinajstić information content (AvgIpc) is 2.91. The molecule has 0 aromatic carbocycles. The first-order valence-electron chi connectivity index (χ1n) is 6.75. The van der Waals surface area contributed by atoms with Crippen LogP contribution in [0.1, 0.15) is 34.1 Å². The summed E-state index contributed by atoms with van der Waals surface area (Å²) in [4.78, 5) is 0. The smallest absolute Gasteiger partial charge is 0.232 e. The van der Waals surface area contributed by atoms with Crippen molar-refractivity contribution in [2.24, 2.45) is 0 Å². The minimum Gasteiger partial charge on any atom is -0.463 e. The predicted molar refractivity (Wildman–Crippen MR) is 67.1 cm³/mol. The molecule has 0 aliphatic carbocycles. The number of hydrogen-bond donors (Lipinski definition) is 0. The molecule has 0 aromatic heterocycles. The van der Waals surface area contributed by atoms with Crippen LogP contribution in [0.15, 0.2) is 11.3 Å². The fourth-order valence-corrected chi connectivity index (χ4v) is 2.76. The Labute approximate surface area is 118 Å². The largest absolute Gasteiger partial charge is 0.463 e. The summed E-state index contributed by atoms with van der Waals surface area (Å²) < 4.78 is 28.7. The molecule has 20 heavy (non-hydrogen) atoms. The van der Waals surface area contributed by atoms with Gasteiger partial charge in [0.15, 0.2) is 11.6 Å². The number of fused-ring (bicyclic) bond motifs is 1. The molecule has 6 heteroatoms. The molecular weight excluding hydrogens is 262 g/mol. The van der Waals surface area contributed by atoms with Gasteiger partial charge in [-0.2, -0.15) is 5.26 Å². The third-order valence-corrected chi connectivity index (χ3v) is 3.53. The first-order valence-corrected chi connectivity index (χ1v) is 6.75. The normalized spacial score (nSPS) is 37.6. The van der Waals surface area contributed by atoms with Crippen molar-refractivity contribution in [2.45, 2.75) is 64.2 Å². The van der Waals surface area contributed by atoms with Crippen molar-refractivity contribution in [2.75, 3.05) is 6.61 Å². The SMILES string of the molecule is CC1(C)OC2OC([C@H]3COC(C)(C)O3)=C(CC#N)[C@H]2O1. The molecule has 0 aromatic rings. The third-order valence-electron chi connectivity index (χ3n) is 3.53. The Morgan fingerprint density at radius 2 is 1.90 bits per heavy atom. The summed E-state index contributed by atoms with van der Waals surface area (Å²) in [5.41, 5.74) is 0.800. The van der Waals surface area contributed by atoms with E-state index in [0.717, 1.165) is 5.57 Å². The van der Waals surface area contributed by atoms with Gasteiger partial charge in [-0.05, 0) is 27.7 Å². The van der Waals surface area contributed by atoms with Crippen molar-refractivity contribution in [1.29, 1.82) is 5.26 Å². The summed E-state index contributed by atoms with van der Waals surface area (Å²) in [7, 11) is 0. The first kappa shape index (κ1) is 13.8. The van der Waals surface area contributed by atoms with Crippen molar-refractivity contribution in [3.8, 4) is 6.07 Å². The van der Waals surface area contributed by atoms with E-state index in [9.17, 15) is 0 Å². The summed E-state index contributed by atoms with van der Waals surface area (Å²) in [6.45, 7) is 7.76. The maximum atomic E-state index is 9.03. The van der Waals surface area contributed by atoms with Crippen LogP contribution in [0, 0.1) is 11.3 Å². The van der Waals surface area contributed by atoms with E-state index in [1.54, 1.807) is 0 Å². The second kappa shape index (κ2) is 4.43. The first-order chi connectivity index (χ1) is 9.31. The molecule has 3 atom stereocenters. The van der Waals surface area contributed by atoms with Gasteiger partial charge in [0, 0.05) is 5.57 Å². The summed E-state index contributed by atoms with van der Waals surface area (Å²) in [6, 6.07) is 2.15. The Morgan fingerprint density at radius 1 is 1.15 bits per heavy atom. The molecule has 0 bridgehead atoms. The van der Waals surface area contributed by atoms with Gasteiger partial charge >= 0.3 is 0 Å². The molecule has 1 unspecified atom stereocenters. The Balaban J connectivity index is 1.86. The van der Waals surface area contributed by atoms with E-state index in [1.165, 1.54) is 0 Å². The molecule has 3 aliphatic heterocycles. The van der Waals surface area contributed by atoms with Crippen LogP contribution in [-0.2, 0) is 23.7 Å². The molecule has 0 radical (unpaired) electrons. The minimum absolute atomic E-state index is 0.232. The van der Waals surface area contributed by atoms with Gasteiger partial charge in [-0.25, -0.2) is 0 Å². The standard InChI is InChI=1S/C14H19NO5/c1-13(2)16-7-9(18-13)10-8(5-6-15)11-12(17-10)20-14(3,4)19-11/h9,11-12H,5,7H2,1-4H3/t9-,11-,12?/m1/s1. The lowest BCUT2D eigenvalue weighted by Gasteiger charge is -2.21. The Bertz CT molecular complexity index is 490. The highest BCUT2D eigenvalue weighted by molar-refractivity contribution is 5.27. The van der Waals surface area contributed by atoms with Crippen LogP contribution in [0.2, 0.25) is 0 Å². The van der Waals surface area contributed by atoms with Crippen molar-refractivity contribution >= 4 is 0 Å². The minimum atomic E-state index is -0.701. The highest BCUT2D eigenvalue weighted by Crippen LogP contribution is 2.43. The summed E-state index contributed by atoms with van der Waals surface area (Å²) >= 11 is 0. The van der Waals surface area contributed by atoms with Crippen molar-refractivity contribution < 1.29 is 23.7 Å². The summed E-state index contributed by atoms with van der Waals surface area (Å²) in [5.74, 6) is -0.714. The van der Waals surface area contributed by atoms with Crippen molar-refractivity contribution in [3.05, 3.63) is 11.3 Å². The highest BCUT2D eigenvalue weighted by atomic mass is 16.8. The van der Waals surface area contributed by atoms with Crippen LogP contribution in [0.3, 0.4) is 0 Å². The van der Waals surface area contributed by atoms with E-state index in [4.69, 9.17) is 28.9 Å². The van der Waals surface area contributed by atoms with Crippen molar-refractivity contribution in [3.63, 3.8) is 0 Å². The molecule has 0 spiro atoms. The zero-order valence-electron chi connectivity index (χ0n) is 12.1. The molecule has 6 nitrogen and oxygen atoms in total. The number of nitriles is 1. The molecule has 2 saturated heterocycles. The maximum Gasteiger partial charge on any atom is 0.232 e. The molecule has 3 heterocycles. The Hall–Kier alpha value is -1.13. The molecular formula is C14H19NO5. The summed E-state index contributed by atoms with van der Waals surface area (Å²) in [6.07, 6.45) is -0.923. The molecule has 3 rings (SSSR count). The third kappa shape index (κ3) is 2.31. The molecule has 3 aliphatic rings. The van der Waals surface area contributed by atoms with Crippen LogP contribution >= 0.6 is 0 Å². The van der Waals surface area contributed by atoms with Gasteiger partial charge in [-0.15, -0.1) is 0 Å². The number of rotatable bonds is 2. The Morgan fingerprint density at radius 3 is 2.50 bits per heavy atom. The number of hydrogen-bond acceptors (Lipinski definition) is 6. The fourth-order valence-electron chi connectivity index (χ4n) is 2.76. The lowest BCUT2D eigenvalue weighted by molar-refractivity contribution is -0.188. The Kier molecular flexibility index (Phi) is 3.07. The lowest BCUT2D eigenvalue weighted by Crippen LogP contribution is -2.26. The van der Waals surface area contributed by atoms with Crippen LogP contribution < -0.4 is 0 Å². The van der Waals surface area contributed by atoms with Crippen LogP contribution in [0.25, 0.3) is 0 Å². The van der Waals surface area contributed by atoms with Crippen LogP contribution in [0.4, 0.5) is 0 Å². The van der Waals surface area contributed by atoms with E-state index >= 15 is 0 Å². The zero-order chi connectivity index (χ0) is 14.5. The quantitative estimate of drug-likeness (QED) is 0.769. The number of ether oxygens (including phenoxy) is 5. The zero-order valence-corrected chi connectivity index (χ0v) is 12.1. The van der Waals surface area contributed by atoms with Gasteiger partial charge in [0.2, 0.25) is 6.29 Å². The average molecular weight is 281 g/mol. The van der Waals surface area contributed by atoms with Gasteiger partial charge < -0.3 is 23.7 Å². The van der Waals surface area contributed by atoms with Crippen LogP contribution in [-0.4, -0.2) is 36.7 Å². The van der Waals surface area contributed by atoms with Gasteiger partial charge in [-0.3, -0.25) is 0 Å². The van der Waals surface area contributed by atoms with Gasteiger partial charge in [-0.1, -0.05) is 0 Å². The summed E-state index contributed by atoms with van der Waals surface area (Å²) in [5, 5.41) is 9.03. The molecule has 2 fully saturated rings. The van der Waals surface area contributed by atoms with Gasteiger partial charge in [0.25, 0.3) is 0 Å². The second-order valence-electron chi connectivity index (χ2n) is 6.08. The topological polar surface area (TPSA) is 69.9 Å². The predicted octanol–water partition coefficient (Wildman–Crippen LogP) is 1.81. The van der Waals surface area contributed by atoms with Crippen molar-refractivity contribution in [1.82, 2.24) is 0 Å². The van der Waals surface area contributed by atoms with E-state index in [2.05, 4.69) is 6.07 Å². The van der Waals surface area contributed by atoms with Crippen LogP contribution in [0.5, 0.6) is 0 Å². The highest BCUT2D eigenvalue weighted by Gasteiger charge is 2.52. The monoisotopic (exact) mass is 281 g/mol. The van der Waals surface area contributed by atoms with Gasteiger partial charge in [0.1, 0.15) is 18.0 Å². The maximum absolute atomic E-state index is 9.03. The van der Waals surface area contributed by atoms with Gasteiger partial charge in [0.05, 0.1) is 19.1 Å². The number of nitrogens with zero attached hydrogens (tertiary/aromatic N) is 1. The molecule has 0 amide bonds. The lowest BCUT2D eigenvalue weighted by atomic mass is 10.1. The fraction of sp³-hybridized carbons (Fsp3) is 0.786.